The summed E-state index contributed by atoms with van der Waals surface area (Å²) >= 11 is 0. The van der Waals surface area contributed by atoms with Crippen molar-refractivity contribution in [2.75, 3.05) is 33.4 Å². The first-order valence-electron chi connectivity index (χ1n) is 18.5. The van der Waals surface area contributed by atoms with Crippen LogP contribution in [0.25, 0.3) is 21.9 Å². The van der Waals surface area contributed by atoms with Crippen LogP contribution < -0.4 is 30.3 Å². The Hall–Kier alpha value is -5.27. The molecule has 2 atom stereocenters. The zero-order valence-corrected chi connectivity index (χ0v) is 32.4. The Morgan fingerprint density at radius 1 is 0.732 bits per heavy atom. The Morgan fingerprint density at radius 2 is 1.20 bits per heavy atom. The molecule has 1 heterocycles. The highest BCUT2D eigenvalue weighted by atomic mass is 19.1. The first kappa shape index (κ1) is 41.9. The van der Waals surface area contributed by atoms with Crippen molar-refractivity contribution in [1.29, 1.82) is 0 Å². The first-order chi connectivity index (χ1) is 26.8. The molecule has 5 N–H and O–H groups in total. The Morgan fingerprint density at radius 3 is 1.70 bits per heavy atom. The molecule has 10 nitrogen and oxygen atoms in total. The molecule has 4 aromatic carbocycles. The van der Waals surface area contributed by atoms with Gasteiger partial charge in [0.2, 0.25) is 5.43 Å². The Labute approximate surface area is 325 Å². The second-order valence-electron chi connectivity index (χ2n) is 14.2. The minimum Gasteiger partial charge on any atom is -0.507 e. The normalized spacial score (nSPS) is 12.4. The van der Waals surface area contributed by atoms with Crippen LogP contribution in [0, 0.1) is 11.6 Å². The maximum atomic E-state index is 14.5. The number of methoxy groups -OCH3 is 1. The van der Waals surface area contributed by atoms with Gasteiger partial charge in [0.25, 0.3) is 0 Å². The summed E-state index contributed by atoms with van der Waals surface area (Å²) in [6, 6.07) is 15.2. The van der Waals surface area contributed by atoms with Crippen molar-refractivity contribution in [3.05, 3.63) is 128 Å². The quantitative estimate of drug-likeness (QED) is 0.0440. The maximum Gasteiger partial charge on any atom is 0.204 e. The number of aliphatic hydroxyl groups is 2. The standard InChI is InChI=1S/C44H50F2N2O8/c1-26(2)6-16-34-36(54-24-32(49)22-47-20-28-8-12-30(45)13-9-28)18-38-41(42(34)51)43(52)40-35(17-7-27(3)4)44(53-5)39(19-37(40)56-38)55-25-33(50)23-48-21-29-10-14-31(46)15-11-29/h6-15,18-19,32-33,47-51H,16-17,20-25H2,1-5H3. The van der Waals surface area contributed by atoms with Crippen LogP contribution >= 0.6 is 0 Å². The number of ether oxygens (including phenoxy) is 3. The van der Waals surface area contributed by atoms with Crippen molar-refractivity contribution in [3.63, 3.8) is 0 Å². The third kappa shape index (κ3) is 10.9. The smallest absolute Gasteiger partial charge is 0.204 e. The molecule has 298 valence electrons. The zero-order chi connectivity index (χ0) is 40.4. The molecule has 0 radical (unpaired) electrons. The van der Waals surface area contributed by atoms with Gasteiger partial charge in [-0.25, -0.2) is 8.78 Å². The number of phenolic OH excluding ortho intramolecular Hbond substituents is 1. The molecule has 0 bridgehead atoms. The lowest BCUT2D eigenvalue weighted by Gasteiger charge is -2.19. The number of aliphatic hydroxyl groups excluding tert-OH is 2. The van der Waals surface area contributed by atoms with Crippen LogP contribution in [0.2, 0.25) is 0 Å². The van der Waals surface area contributed by atoms with E-state index in [0.29, 0.717) is 30.0 Å². The third-order valence-corrected chi connectivity index (χ3v) is 9.05. The van der Waals surface area contributed by atoms with Crippen molar-refractivity contribution in [2.45, 2.75) is 65.8 Å². The highest BCUT2D eigenvalue weighted by Crippen LogP contribution is 2.41. The van der Waals surface area contributed by atoms with Gasteiger partial charge in [0.05, 0.1) is 12.5 Å². The van der Waals surface area contributed by atoms with E-state index in [4.69, 9.17) is 18.6 Å². The molecule has 5 rings (SSSR count). The van der Waals surface area contributed by atoms with Crippen molar-refractivity contribution in [2.24, 2.45) is 0 Å². The SMILES string of the molecule is COc1c(OCC(O)CNCc2ccc(F)cc2)cc2oc3cc(OCC(O)CNCc4ccc(F)cc4)c(CC=C(C)C)c(O)c3c(=O)c2c1CC=C(C)C. The summed E-state index contributed by atoms with van der Waals surface area (Å²) in [4.78, 5) is 14.5. The van der Waals surface area contributed by atoms with Gasteiger partial charge in [0.15, 0.2) is 11.5 Å². The molecule has 0 aliphatic carbocycles. The van der Waals surface area contributed by atoms with Crippen LogP contribution in [0.5, 0.6) is 23.0 Å². The number of phenols is 1. The van der Waals surface area contributed by atoms with E-state index in [2.05, 4.69) is 10.6 Å². The molecule has 0 amide bonds. The molecular weight excluding hydrogens is 722 g/mol. The molecule has 5 aromatic rings. The summed E-state index contributed by atoms with van der Waals surface area (Å²) in [5.41, 5.74) is 4.31. The molecule has 1 aromatic heterocycles. The summed E-state index contributed by atoms with van der Waals surface area (Å²) in [5.74, 6) is -0.175. The molecule has 0 aliphatic heterocycles. The lowest BCUT2D eigenvalue weighted by atomic mass is 9.98. The van der Waals surface area contributed by atoms with Crippen LogP contribution in [0.4, 0.5) is 8.78 Å². The van der Waals surface area contributed by atoms with E-state index < -0.39 is 17.6 Å². The molecule has 0 saturated heterocycles. The largest absolute Gasteiger partial charge is 0.507 e. The Balaban J connectivity index is 1.46. The van der Waals surface area contributed by atoms with E-state index in [-0.39, 0.29) is 90.0 Å². The van der Waals surface area contributed by atoms with Crippen LogP contribution in [-0.4, -0.2) is 60.9 Å². The number of halogens is 2. The van der Waals surface area contributed by atoms with Gasteiger partial charge in [-0.3, -0.25) is 4.79 Å². The van der Waals surface area contributed by atoms with Gasteiger partial charge in [0.1, 0.15) is 65.1 Å². The number of rotatable bonds is 19. The van der Waals surface area contributed by atoms with Crippen LogP contribution in [0.1, 0.15) is 49.9 Å². The number of nitrogens with one attached hydrogen (secondary N) is 2. The van der Waals surface area contributed by atoms with Gasteiger partial charge >= 0.3 is 0 Å². The number of fused-ring (bicyclic) bond motifs is 2. The molecule has 12 heteroatoms. The van der Waals surface area contributed by atoms with Gasteiger partial charge in [-0.15, -0.1) is 0 Å². The van der Waals surface area contributed by atoms with E-state index in [1.54, 1.807) is 30.3 Å². The lowest BCUT2D eigenvalue weighted by molar-refractivity contribution is 0.104. The highest BCUT2D eigenvalue weighted by Gasteiger charge is 2.25. The number of allylic oxidation sites excluding steroid dienone is 4. The fraction of sp³-hybridized carbons (Fsp3) is 0.341. The van der Waals surface area contributed by atoms with E-state index in [1.807, 2.05) is 39.8 Å². The average molecular weight is 773 g/mol. The first-order valence-corrected chi connectivity index (χ1v) is 18.5. The Kier molecular flexibility index (Phi) is 14.6. The van der Waals surface area contributed by atoms with Gasteiger partial charge in [-0.2, -0.15) is 0 Å². The summed E-state index contributed by atoms with van der Waals surface area (Å²) in [7, 11) is 1.47. The predicted molar refractivity (Wildman–Crippen MR) is 214 cm³/mol. The minimum atomic E-state index is -0.938. The van der Waals surface area contributed by atoms with E-state index in [0.717, 1.165) is 22.3 Å². The van der Waals surface area contributed by atoms with Gasteiger partial charge in [0, 0.05) is 49.4 Å². The second-order valence-corrected chi connectivity index (χ2v) is 14.2. The second kappa shape index (κ2) is 19.5. The summed E-state index contributed by atoms with van der Waals surface area (Å²) in [6.07, 6.45) is 2.51. The van der Waals surface area contributed by atoms with Crippen molar-refractivity contribution >= 4 is 21.9 Å². The zero-order valence-electron chi connectivity index (χ0n) is 32.4. The molecule has 0 fully saturated rings. The fourth-order valence-electron chi connectivity index (χ4n) is 6.13. The van der Waals surface area contributed by atoms with E-state index in [1.165, 1.54) is 37.4 Å². The molecule has 0 saturated carbocycles. The molecule has 0 spiro atoms. The minimum absolute atomic E-state index is 0.0275. The third-order valence-electron chi connectivity index (χ3n) is 9.05. The van der Waals surface area contributed by atoms with Gasteiger partial charge in [-0.05, 0) is 75.9 Å². The average Bonchev–Trinajstić information content (AvgIpc) is 3.16. The topological polar surface area (TPSA) is 143 Å². The highest BCUT2D eigenvalue weighted by molar-refractivity contribution is 5.98. The van der Waals surface area contributed by atoms with Crippen molar-refractivity contribution < 1.29 is 42.7 Å². The number of hydrogen-bond acceptors (Lipinski definition) is 10. The Bertz CT molecular complexity index is 2230. The molecule has 56 heavy (non-hydrogen) atoms. The number of benzene rings is 4. The molecule has 2 unspecified atom stereocenters. The molecule has 0 aliphatic rings. The lowest BCUT2D eigenvalue weighted by Crippen LogP contribution is -2.31. The van der Waals surface area contributed by atoms with Crippen LogP contribution in [0.3, 0.4) is 0 Å². The van der Waals surface area contributed by atoms with E-state index >= 15 is 0 Å². The number of aromatic hydroxyl groups is 1. The van der Waals surface area contributed by atoms with Crippen LogP contribution in [-0.2, 0) is 25.9 Å². The molecular formula is C44H50F2N2O8. The predicted octanol–water partition coefficient (Wildman–Crippen LogP) is 7.02. The van der Waals surface area contributed by atoms with Gasteiger partial charge in [-0.1, -0.05) is 47.6 Å². The monoisotopic (exact) mass is 772 g/mol. The van der Waals surface area contributed by atoms with E-state index in [9.17, 15) is 28.9 Å². The summed E-state index contributed by atoms with van der Waals surface area (Å²) in [6.45, 7) is 8.65. The summed E-state index contributed by atoms with van der Waals surface area (Å²) in [5, 5.41) is 39.7. The number of hydrogen-bond donors (Lipinski definition) is 5. The fourth-order valence-corrected chi connectivity index (χ4v) is 6.13. The van der Waals surface area contributed by atoms with Crippen molar-refractivity contribution in [3.8, 4) is 23.0 Å². The van der Waals surface area contributed by atoms with Crippen molar-refractivity contribution in [1.82, 2.24) is 10.6 Å². The maximum absolute atomic E-state index is 14.5. The van der Waals surface area contributed by atoms with Gasteiger partial charge < -0.3 is 44.6 Å². The van der Waals surface area contributed by atoms with Crippen LogP contribution in [0.15, 0.2) is 93.2 Å². The summed E-state index contributed by atoms with van der Waals surface area (Å²) < 4.78 is 50.9.